The molecule has 0 amide bonds. The number of thioether (sulfide) groups is 1. The van der Waals surface area contributed by atoms with Crippen molar-refractivity contribution in [3.63, 3.8) is 0 Å². The Morgan fingerprint density at radius 3 is 2.62 bits per heavy atom. The van der Waals surface area contributed by atoms with Gasteiger partial charge in [-0.2, -0.15) is 9.78 Å². The summed E-state index contributed by atoms with van der Waals surface area (Å²) >= 11 is 1.57. The first kappa shape index (κ1) is 16.7. The first-order valence-electron chi connectivity index (χ1n) is 8.40. The molecular formula is C19H18N4O2S. The maximum absolute atomic E-state index is 10.2. The molecule has 0 unspecified atom stereocenters. The molecule has 1 aliphatic heterocycles. The van der Waals surface area contributed by atoms with Crippen molar-refractivity contribution >= 4 is 17.5 Å². The van der Waals surface area contributed by atoms with Gasteiger partial charge in [-0.15, -0.1) is 10.2 Å². The average Bonchev–Trinajstić information content (AvgIpc) is 3.05. The van der Waals surface area contributed by atoms with E-state index in [2.05, 4.69) is 10.2 Å². The Balaban J connectivity index is 1.77. The number of aromatic nitrogens is 3. The van der Waals surface area contributed by atoms with Gasteiger partial charge in [0, 0.05) is 11.1 Å². The van der Waals surface area contributed by atoms with Crippen LogP contribution in [0.15, 0.2) is 58.8 Å². The normalized spacial score (nSPS) is 16.1. The van der Waals surface area contributed by atoms with E-state index in [9.17, 15) is 5.11 Å². The van der Waals surface area contributed by atoms with Crippen molar-refractivity contribution in [2.45, 2.75) is 24.3 Å². The lowest BCUT2D eigenvalue weighted by Crippen LogP contribution is -2.21. The van der Waals surface area contributed by atoms with E-state index in [-0.39, 0.29) is 11.0 Å². The summed E-state index contributed by atoms with van der Waals surface area (Å²) in [4.78, 5) is 0. The molecule has 1 N–H and O–H groups in total. The van der Waals surface area contributed by atoms with Crippen LogP contribution >= 0.6 is 11.8 Å². The number of phenolic OH excluding ortho intramolecular Hbond substituents is 1. The Labute approximate surface area is 155 Å². The van der Waals surface area contributed by atoms with Crippen LogP contribution in [0.1, 0.15) is 19.4 Å². The van der Waals surface area contributed by atoms with Crippen molar-refractivity contribution in [1.29, 1.82) is 0 Å². The molecule has 6 nitrogen and oxygen atoms in total. The number of benzene rings is 2. The molecule has 2 heterocycles. The summed E-state index contributed by atoms with van der Waals surface area (Å²) in [6.45, 7) is 4.63. The maximum atomic E-state index is 10.2. The number of fused-ring (bicyclic) bond motifs is 1. The highest BCUT2D eigenvalue weighted by molar-refractivity contribution is 8.00. The number of aromatic hydroxyl groups is 1. The second-order valence-electron chi connectivity index (χ2n) is 5.84. The van der Waals surface area contributed by atoms with Crippen LogP contribution in [0, 0.1) is 0 Å². The third-order valence-electron chi connectivity index (χ3n) is 4.09. The van der Waals surface area contributed by atoms with Crippen molar-refractivity contribution in [2.24, 2.45) is 5.10 Å². The van der Waals surface area contributed by atoms with E-state index in [0.717, 1.165) is 27.7 Å². The zero-order chi connectivity index (χ0) is 18.1. The zero-order valence-corrected chi connectivity index (χ0v) is 15.3. The van der Waals surface area contributed by atoms with E-state index in [0.29, 0.717) is 12.4 Å². The molecular weight excluding hydrogens is 348 g/mol. The summed E-state index contributed by atoms with van der Waals surface area (Å²) in [5, 5.41) is 24.3. The van der Waals surface area contributed by atoms with Gasteiger partial charge in [-0.3, -0.25) is 0 Å². The van der Waals surface area contributed by atoms with E-state index in [4.69, 9.17) is 9.84 Å². The summed E-state index contributed by atoms with van der Waals surface area (Å²) in [7, 11) is 0. The molecule has 1 aliphatic rings. The molecule has 0 saturated carbocycles. The van der Waals surface area contributed by atoms with Gasteiger partial charge in [0.25, 0.3) is 0 Å². The largest absolute Gasteiger partial charge is 0.507 e. The number of hydrogen-bond acceptors (Lipinski definition) is 6. The average molecular weight is 366 g/mol. The molecule has 132 valence electrons. The molecule has 0 spiro atoms. The summed E-state index contributed by atoms with van der Waals surface area (Å²) in [6, 6.07) is 14.9. The monoisotopic (exact) mass is 366 g/mol. The fourth-order valence-corrected chi connectivity index (χ4v) is 3.76. The molecule has 0 aliphatic carbocycles. The van der Waals surface area contributed by atoms with Crippen LogP contribution in [0.3, 0.4) is 0 Å². The lowest BCUT2D eigenvalue weighted by Gasteiger charge is -2.20. The number of hydrogen-bond donors (Lipinski definition) is 1. The number of rotatable bonds is 4. The Bertz CT molecular complexity index is 966. The van der Waals surface area contributed by atoms with E-state index in [1.807, 2.05) is 50.2 Å². The first-order valence-corrected chi connectivity index (χ1v) is 9.28. The highest BCUT2D eigenvalue weighted by Crippen LogP contribution is 2.34. The number of ether oxygens (including phenoxy) is 1. The topological polar surface area (TPSA) is 72.5 Å². The Morgan fingerprint density at radius 1 is 1.12 bits per heavy atom. The van der Waals surface area contributed by atoms with Gasteiger partial charge in [0.05, 0.1) is 17.6 Å². The maximum Gasteiger partial charge on any atom is 0.213 e. The summed E-state index contributed by atoms with van der Waals surface area (Å²) < 4.78 is 7.23. The quantitative estimate of drug-likeness (QED) is 0.760. The molecule has 0 radical (unpaired) electrons. The van der Waals surface area contributed by atoms with Gasteiger partial charge < -0.3 is 9.84 Å². The Morgan fingerprint density at radius 2 is 1.88 bits per heavy atom. The number of phenols is 1. The fraction of sp³-hybridized carbons (Fsp3) is 0.211. The van der Waals surface area contributed by atoms with Gasteiger partial charge in [0.1, 0.15) is 11.5 Å². The van der Waals surface area contributed by atoms with Gasteiger partial charge >= 0.3 is 0 Å². The van der Waals surface area contributed by atoms with Crippen molar-refractivity contribution in [3.05, 3.63) is 54.1 Å². The third-order valence-corrected chi connectivity index (χ3v) is 5.13. The molecule has 1 aromatic heterocycles. The van der Waals surface area contributed by atoms with E-state index >= 15 is 0 Å². The lowest BCUT2D eigenvalue weighted by atomic mass is 10.1. The number of para-hydroxylation sites is 1. The summed E-state index contributed by atoms with van der Waals surface area (Å²) in [5.41, 5.74) is 2.43. The van der Waals surface area contributed by atoms with Gasteiger partial charge in [-0.1, -0.05) is 23.9 Å². The highest BCUT2D eigenvalue weighted by Gasteiger charge is 2.27. The molecule has 3 aromatic rings. The third kappa shape index (κ3) is 2.94. The van der Waals surface area contributed by atoms with Crippen LogP contribution in [-0.2, 0) is 0 Å². The smallest absolute Gasteiger partial charge is 0.213 e. The van der Waals surface area contributed by atoms with E-state index in [1.165, 1.54) is 0 Å². The van der Waals surface area contributed by atoms with Crippen LogP contribution in [0.4, 0.5) is 0 Å². The predicted octanol–water partition coefficient (Wildman–Crippen LogP) is 3.80. The molecule has 0 bridgehead atoms. The second-order valence-corrected chi connectivity index (χ2v) is 7.15. The van der Waals surface area contributed by atoms with Crippen LogP contribution in [-0.4, -0.2) is 37.5 Å². The predicted molar refractivity (Wildman–Crippen MR) is 102 cm³/mol. The van der Waals surface area contributed by atoms with Gasteiger partial charge in [-0.25, -0.2) is 0 Å². The molecule has 4 rings (SSSR count). The van der Waals surface area contributed by atoms with Crippen molar-refractivity contribution in [1.82, 2.24) is 14.9 Å². The minimum Gasteiger partial charge on any atom is -0.507 e. The van der Waals surface area contributed by atoms with Crippen LogP contribution in [0.2, 0.25) is 0 Å². The molecule has 0 saturated heterocycles. The molecule has 1 atom stereocenters. The van der Waals surface area contributed by atoms with Crippen LogP contribution < -0.4 is 4.74 Å². The Kier molecular flexibility index (Phi) is 4.38. The molecule has 7 heteroatoms. The van der Waals surface area contributed by atoms with E-state index in [1.54, 1.807) is 28.6 Å². The summed E-state index contributed by atoms with van der Waals surface area (Å²) in [5.74, 6) is 1.70. The van der Waals surface area contributed by atoms with Crippen molar-refractivity contribution in [2.75, 3.05) is 6.61 Å². The highest BCUT2D eigenvalue weighted by atomic mass is 32.2. The second kappa shape index (κ2) is 6.84. The van der Waals surface area contributed by atoms with Crippen molar-refractivity contribution < 1.29 is 9.84 Å². The lowest BCUT2D eigenvalue weighted by molar-refractivity contribution is 0.340. The SMILES string of the molecule is CCOc1ccc(-c2nnc3n2N=C(c2ccccc2O)[C@H](C)S3)cc1. The minimum atomic E-state index is 0.0631. The first-order chi connectivity index (χ1) is 12.7. The molecule has 0 fully saturated rings. The van der Waals surface area contributed by atoms with E-state index < -0.39 is 0 Å². The minimum absolute atomic E-state index is 0.0631. The van der Waals surface area contributed by atoms with Crippen molar-refractivity contribution in [3.8, 4) is 22.9 Å². The molecule has 2 aromatic carbocycles. The molecule has 26 heavy (non-hydrogen) atoms. The summed E-state index contributed by atoms with van der Waals surface area (Å²) in [6.07, 6.45) is 0. The Hall–Kier alpha value is -2.80. The standard InChI is InChI=1S/C19H18N4O2S/c1-3-25-14-10-8-13(9-11-14)18-20-21-19-23(18)22-17(12(2)26-19)15-6-4-5-7-16(15)24/h4-12,24H,3H2,1-2H3/t12-/m0/s1. The van der Waals surface area contributed by atoms with Gasteiger partial charge in [0.15, 0.2) is 5.82 Å². The zero-order valence-electron chi connectivity index (χ0n) is 14.5. The van der Waals surface area contributed by atoms with Gasteiger partial charge in [0.2, 0.25) is 5.16 Å². The van der Waals surface area contributed by atoms with Crippen LogP contribution in [0.25, 0.3) is 11.4 Å². The fourth-order valence-electron chi connectivity index (χ4n) is 2.84. The van der Waals surface area contributed by atoms with Crippen LogP contribution in [0.5, 0.6) is 11.5 Å². The van der Waals surface area contributed by atoms with Gasteiger partial charge in [-0.05, 0) is 50.2 Å². The number of nitrogens with zero attached hydrogens (tertiary/aromatic N) is 4.